The van der Waals surface area contributed by atoms with E-state index in [0.29, 0.717) is 28.5 Å². The van der Waals surface area contributed by atoms with Crippen molar-refractivity contribution in [2.75, 3.05) is 0 Å². The summed E-state index contributed by atoms with van der Waals surface area (Å²) >= 11 is 0. The second-order valence-electron chi connectivity index (χ2n) is 11.4. The Morgan fingerprint density at radius 1 is 0.409 bits per heavy atom. The fourth-order valence-electron chi connectivity index (χ4n) is 7.10. The predicted molar refractivity (Wildman–Crippen MR) is 111 cm³/mol. The molecule has 0 radical (unpaired) electrons. The monoisotopic (exact) mass is 346 g/mol. The van der Waals surface area contributed by atoms with Crippen molar-refractivity contribution < 1.29 is 0 Å². The van der Waals surface area contributed by atoms with E-state index >= 15 is 0 Å². The molecule has 0 aliphatic carbocycles. The molecule has 0 aromatic heterocycles. The maximum absolute atomic E-state index is 2.60. The van der Waals surface area contributed by atoms with Gasteiger partial charge in [0.15, 0.2) is 0 Å². The fraction of sp³-hybridized carbons (Fsp3) is 1.00. The second kappa shape index (κ2) is 3.92. The highest BCUT2D eigenvalue weighted by atomic mass is 33.2. The van der Waals surface area contributed by atoms with Crippen molar-refractivity contribution >= 4 is 18.1 Å². The molecule has 0 amide bonds. The lowest BCUT2D eigenvalue weighted by Crippen LogP contribution is -2.32. The molecule has 2 aliphatic heterocycles. The first-order valence-corrected chi connectivity index (χ1v) is 12.7. The molecule has 0 aromatic rings. The summed E-state index contributed by atoms with van der Waals surface area (Å²) in [5.74, 6) is 0. The van der Waals surface area contributed by atoms with Crippen LogP contribution in [0, 0.1) is 0 Å². The Morgan fingerprint density at radius 3 is 0.591 bits per heavy atom. The molecule has 0 N–H and O–H groups in total. The van der Waals surface area contributed by atoms with E-state index in [-0.39, 0.29) is 0 Å². The van der Waals surface area contributed by atoms with E-state index in [4.69, 9.17) is 0 Å². The molecule has 0 spiro atoms. The first-order valence-electron chi connectivity index (χ1n) is 8.89. The maximum atomic E-state index is 2.60. The van der Waals surface area contributed by atoms with Gasteiger partial charge in [-0.2, -0.15) is 18.1 Å². The number of hydrogen-bond acceptors (Lipinski definition) is 0. The first-order chi connectivity index (χ1) is 9.25. The van der Waals surface area contributed by atoms with Gasteiger partial charge in [0.1, 0.15) is 0 Å². The van der Waals surface area contributed by atoms with Gasteiger partial charge in [-0.3, -0.25) is 0 Å². The van der Waals surface area contributed by atoms with Gasteiger partial charge in [0.05, 0.1) is 0 Å². The van der Waals surface area contributed by atoms with Crippen molar-refractivity contribution in [2.45, 2.75) is 125 Å². The smallest absolute Gasteiger partial charge is 0.0161 e. The summed E-state index contributed by atoms with van der Waals surface area (Å²) in [6.45, 7) is 36.1. The van der Waals surface area contributed by atoms with E-state index < -0.39 is 18.1 Å². The summed E-state index contributed by atoms with van der Waals surface area (Å²) in [6.07, 6.45) is 0. The molecule has 2 saturated heterocycles. The van der Waals surface area contributed by atoms with Crippen molar-refractivity contribution in [1.82, 2.24) is 0 Å². The van der Waals surface area contributed by atoms with Crippen LogP contribution in [0.1, 0.15) is 96.9 Å². The molecule has 134 valence electrons. The van der Waals surface area contributed by atoms with Gasteiger partial charge < -0.3 is 0 Å². The summed E-state index contributed by atoms with van der Waals surface area (Å²) in [6, 6.07) is 0. The molecule has 0 atom stereocenters. The topological polar surface area (TPSA) is 0 Å². The van der Waals surface area contributed by atoms with Gasteiger partial charge >= 0.3 is 0 Å². The van der Waals surface area contributed by atoms with Crippen molar-refractivity contribution in [3.8, 4) is 0 Å². The molecule has 2 aliphatic rings. The van der Waals surface area contributed by atoms with Gasteiger partial charge in [-0.25, -0.2) is 0 Å². The van der Waals surface area contributed by atoms with E-state index in [1.807, 2.05) is 0 Å². The van der Waals surface area contributed by atoms with Gasteiger partial charge in [-0.1, -0.05) is 96.9 Å². The lowest BCUT2D eigenvalue weighted by Gasteiger charge is -2.60. The Bertz CT molecular complexity index is 431. The lowest BCUT2D eigenvalue weighted by atomic mass is 10.0. The first kappa shape index (κ1) is 19.0. The molecule has 2 rings (SSSR count). The molecule has 0 bridgehead atoms. The van der Waals surface area contributed by atoms with Crippen LogP contribution in [0.4, 0.5) is 0 Å². The van der Waals surface area contributed by atoms with Gasteiger partial charge in [0, 0.05) is 19.0 Å². The zero-order chi connectivity index (χ0) is 18.0. The molecular weight excluding hydrogens is 304 g/mol. The van der Waals surface area contributed by atoms with Crippen LogP contribution in [0.3, 0.4) is 0 Å². The van der Waals surface area contributed by atoms with Crippen molar-refractivity contribution in [3.63, 3.8) is 0 Å². The van der Waals surface area contributed by atoms with Crippen LogP contribution in [-0.2, 0) is 0 Å². The molecule has 22 heavy (non-hydrogen) atoms. The average molecular weight is 347 g/mol. The van der Waals surface area contributed by atoms with Crippen LogP contribution in [-0.4, -0.2) is 28.5 Å². The fourth-order valence-corrected chi connectivity index (χ4v) is 36.4. The number of hydrogen-bond donors (Lipinski definition) is 0. The van der Waals surface area contributed by atoms with Crippen LogP contribution in [0.25, 0.3) is 0 Å². The molecule has 2 heteroatoms. The zero-order valence-electron chi connectivity index (χ0n) is 17.8. The minimum absolute atomic E-state index is 0.410. The molecule has 0 aromatic carbocycles. The highest BCUT2D eigenvalue weighted by Crippen LogP contribution is 3.21. The molecule has 0 saturated carbocycles. The van der Waals surface area contributed by atoms with Crippen molar-refractivity contribution in [1.29, 1.82) is 0 Å². The quantitative estimate of drug-likeness (QED) is 0.346. The molecule has 0 nitrogen and oxygen atoms in total. The van der Waals surface area contributed by atoms with Gasteiger partial charge in [-0.15, -0.1) is 0 Å². The Morgan fingerprint density at radius 2 is 0.545 bits per heavy atom. The Hall–Kier alpha value is 0.700. The van der Waals surface area contributed by atoms with E-state index in [0.717, 1.165) is 0 Å². The summed E-state index contributed by atoms with van der Waals surface area (Å²) in [5, 5.41) is 0. The largest absolute Gasteiger partial charge is 0.190 e. The van der Waals surface area contributed by atoms with Crippen LogP contribution >= 0.6 is 18.1 Å². The third kappa shape index (κ3) is 1.33. The lowest BCUT2D eigenvalue weighted by molar-refractivity contribution is 0.652. The zero-order valence-corrected chi connectivity index (χ0v) is 19.4. The summed E-state index contributed by atoms with van der Waals surface area (Å²) in [5.41, 5.74) is 0. The average Bonchev–Trinajstić information content (AvgIpc) is 2.70. The summed E-state index contributed by atoms with van der Waals surface area (Å²) in [4.78, 5) is 0. The summed E-state index contributed by atoms with van der Waals surface area (Å²) < 4.78 is 2.73. The molecule has 2 heterocycles. The van der Waals surface area contributed by atoms with Crippen LogP contribution in [0.15, 0.2) is 0 Å². The van der Waals surface area contributed by atoms with Gasteiger partial charge in [0.2, 0.25) is 0 Å². The number of rotatable bonds is 1. The molecule has 2 fully saturated rings. The highest BCUT2D eigenvalue weighted by Gasteiger charge is 2.94. The molecular formula is C20H42S2. The van der Waals surface area contributed by atoms with Gasteiger partial charge in [-0.05, 0) is 9.49 Å². The van der Waals surface area contributed by atoms with Crippen LogP contribution in [0.2, 0.25) is 0 Å². The second-order valence-corrected chi connectivity index (χ2v) is 23.1. The standard InChI is InChI=1S/C20H42S2/c1-15(2,3)21(17(7,8)18(21,9)10)22(16(4,5)6)19(11,12)20(22,13)14/h1-14H3. The van der Waals surface area contributed by atoms with Crippen molar-refractivity contribution in [3.05, 3.63) is 0 Å². The van der Waals surface area contributed by atoms with Crippen LogP contribution in [0.5, 0.6) is 0 Å². The third-order valence-electron chi connectivity index (χ3n) is 7.79. The van der Waals surface area contributed by atoms with Crippen molar-refractivity contribution in [2.24, 2.45) is 0 Å². The Kier molecular flexibility index (Phi) is 3.39. The minimum Gasteiger partial charge on any atom is -0.190 e. The normalized spacial score (nSPS) is 35.4. The van der Waals surface area contributed by atoms with E-state index in [1.165, 1.54) is 0 Å². The third-order valence-corrected chi connectivity index (χ3v) is 29.6. The van der Waals surface area contributed by atoms with E-state index in [9.17, 15) is 0 Å². The van der Waals surface area contributed by atoms with E-state index in [2.05, 4.69) is 96.9 Å². The molecule has 0 unspecified atom stereocenters. The predicted octanol–water partition coefficient (Wildman–Crippen LogP) is 7.25. The highest BCUT2D eigenvalue weighted by molar-refractivity contribution is 9.15. The maximum Gasteiger partial charge on any atom is 0.0161 e. The van der Waals surface area contributed by atoms with E-state index in [1.54, 1.807) is 0 Å². The summed E-state index contributed by atoms with van der Waals surface area (Å²) in [7, 11) is -1.52. The van der Waals surface area contributed by atoms with Crippen LogP contribution < -0.4 is 0 Å². The minimum atomic E-state index is -0.761. The Labute approximate surface area is 143 Å². The SMILES string of the molecule is CC(C)(C)S1(S2(C(C)(C)C)C(C)(C)C2(C)C)C(C)(C)C1(C)C. The Balaban J connectivity index is 2.92. The van der Waals surface area contributed by atoms with Gasteiger partial charge in [0.25, 0.3) is 0 Å².